The predicted molar refractivity (Wildman–Crippen MR) is 95.9 cm³/mol. The van der Waals surface area contributed by atoms with Gasteiger partial charge in [0.25, 0.3) is 11.8 Å². The maximum Gasteiger partial charge on any atom is 0.270 e. The third-order valence-electron chi connectivity index (χ3n) is 5.46. The van der Waals surface area contributed by atoms with Gasteiger partial charge in [0.15, 0.2) is 0 Å². The molecule has 1 N–H and O–H groups in total. The van der Waals surface area contributed by atoms with E-state index in [2.05, 4.69) is 15.2 Å². The van der Waals surface area contributed by atoms with Crippen molar-refractivity contribution in [3.8, 4) is 0 Å². The van der Waals surface area contributed by atoms with Gasteiger partial charge in [0.1, 0.15) is 5.69 Å². The highest BCUT2D eigenvalue weighted by Crippen LogP contribution is 2.29. The third kappa shape index (κ3) is 2.81. The lowest BCUT2D eigenvalue weighted by Crippen LogP contribution is -2.47. The van der Waals surface area contributed by atoms with Crippen LogP contribution in [0.3, 0.4) is 0 Å². The predicted octanol–water partition coefficient (Wildman–Crippen LogP) is 1.58. The average molecular weight is 356 g/mol. The summed E-state index contributed by atoms with van der Waals surface area (Å²) in [6, 6.07) is 1.97. The lowest BCUT2D eigenvalue weighted by atomic mass is 9.97. The Hall–Kier alpha value is -1.99. The van der Waals surface area contributed by atoms with Gasteiger partial charge in [-0.05, 0) is 31.4 Å². The first-order valence-corrected chi connectivity index (χ1v) is 9.75. The van der Waals surface area contributed by atoms with Crippen molar-refractivity contribution in [3.63, 3.8) is 0 Å². The normalized spacial score (nSPS) is 27.5. The van der Waals surface area contributed by atoms with Gasteiger partial charge >= 0.3 is 0 Å². The van der Waals surface area contributed by atoms with Gasteiger partial charge in [0, 0.05) is 49.2 Å². The van der Waals surface area contributed by atoms with Crippen LogP contribution in [0.25, 0.3) is 10.1 Å². The lowest BCUT2D eigenvalue weighted by molar-refractivity contribution is 0.0883. The van der Waals surface area contributed by atoms with Gasteiger partial charge in [0.2, 0.25) is 0 Å². The lowest BCUT2D eigenvalue weighted by Gasteiger charge is -2.30. The van der Waals surface area contributed by atoms with Crippen LogP contribution in [0.5, 0.6) is 0 Å². The monoisotopic (exact) mass is 356 g/mol. The van der Waals surface area contributed by atoms with Crippen LogP contribution in [0.15, 0.2) is 17.6 Å². The molecular weight excluding hydrogens is 336 g/mol. The fraction of sp³-hybridized carbons (Fsp3) is 0.500. The summed E-state index contributed by atoms with van der Waals surface area (Å²) in [6.07, 6.45) is 4.01. The number of hydrogen-bond acceptors (Lipinski definition) is 5. The number of rotatable bonds is 3. The molecule has 3 fully saturated rings. The molecule has 5 heterocycles. The average Bonchev–Trinajstić information content (AvgIpc) is 3.30. The van der Waals surface area contributed by atoms with E-state index in [1.807, 2.05) is 5.38 Å². The Balaban J connectivity index is 1.37. The van der Waals surface area contributed by atoms with Crippen molar-refractivity contribution >= 4 is 33.2 Å². The van der Waals surface area contributed by atoms with Crippen LogP contribution in [0.2, 0.25) is 0 Å². The van der Waals surface area contributed by atoms with E-state index < -0.39 is 0 Å². The van der Waals surface area contributed by atoms with E-state index in [9.17, 15) is 9.59 Å². The molecule has 0 saturated carbocycles. The number of amides is 2. The van der Waals surface area contributed by atoms with E-state index in [1.54, 1.807) is 17.2 Å². The zero-order chi connectivity index (χ0) is 17.0. The van der Waals surface area contributed by atoms with Gasteiger partial charge in [-0.2, -0.15) is 0 Å². The number of thiophene rings is 1. The first-order chi connectivity index (χ1) is 12.2. The number of carbonyl (C=O) groups excluding carboxylic acids is 2. The standard InChI is InChI=1S/C18H20N4O2S/c23-17(20-12-5-11-1-2-21(8-11)9-12)15-6-13-14(18(24)22-3-4-22)10-25-16(13)7-19-15/h6-7,10-12H,1-5,8-9H2,(H,20,23)/t11-,12-/m1/s1. The molecule has 130 valence electrons. The van der Waals surface area contributed by atoms with Gasteiger partial charge in [-0.3, -0.25) is 9.59 Å². The van der Waals surface area contributed by atoms with Gasteiger partial charge in [0.05, 0.1) is 10.3 Å². The molecular formula is C18H20N4O2S. The zero-order valence-corrected chi connectivity index (χ0v) is 14.7. The Bertz CT molecular complexity index is 848. The second kappa shape index (κ2) is 5.78. The summed E-state index contributed by atoms with van der Waals surface area (Å²) in [6.45, 7) is 4.91. The Kier molecular flexibility index (Phi) is 3.53. The Morgan fingerprint density at radius 2 is 2.12 bits per heavy atom. The largest absolute Gasteiger partial charge is 0.347 e. The maximum absolute atomic E-state index is 12.7. The number of hydrogen-bond donors (Lipinski definition) is 1. The molecule has 6 nitrogen and oxygen atoms in total. The molecule has 2 bridgehead atoms. The Morgan fingerprint density at radius 1 is 1.24 bits per heavy atom. The molecule has 0 spiro atoms. The zero-order valence-electron chi connectivity index (χ0n) is 13.9. The summed E-state index contributed by atoms with van der Waals surface area (Å²) in [5.74, 6) is 0.634. The van der Waals surface area contributed by atoms with Crippen LogP contribution in [0.4, 0.5) is 0 Å². The number of nitrogens with zero attached hydrogens (tertiary/aromatic N) is 3. The molecule has 2 amide bonds. The van der Waals surface area contributed by atoms with E-state index in [0.717, 1.165) is 42.7 Å². The minimum Gasteiger partial charge on any atom is -0.347 e. The topological polar surface area (TPSA) is 65.3 Å². The molecule has 0 radical (unpaired) electrons. The van der Waals surface area contributed by atoms with Crippen molar-refractivity contribution in [1.82, 2.24) is 20.1 Å². The summed E-state index contributed by atoms with van der Waals surface area (Å²) in [5.41, 5.74) is 1.09. The van der Waals surface area contributed by atoms with Gasteiger partial charge < -0.3 is 15.1 Å². The first kappa shape index (κ1) is 15.3. The number of pyridine rings is 1. The molecule has 2 aromatic heterocycles. The molecule has 7 heteroatoms. The smallest absolute Gasteiger partial charge is 0.270 e. The molecule has 3 aliphatic rings. The van der Waals surface area contributed by atoms with Crippen molar-refractivity contribution < 1.29 is 9.59 Å². The van der Waals surface area contributed by atoms with E-state index >= 15 is 0 Å². The maximum atomic E-state index is 12.7. The van der Waals surface area contributed by atoms with Gasteiger partial charge in [-0.1, -0.05) is 0 Å². The SMILES string of the molecule is O=C(N[C@@H]1C[C@H]2CCN(C2)C1)c1cc2c(C(=O)N3CC3)csc2cn1. The number of fused-ring (bicyclic) bond motifs is 3. The highest BCUT2D eigenvalue weighted by Gasteiger charge is 2.33. The van der Waals surface area contributed by atoms with Gasteiger partial charge in [-0.25, -0.2) is 4.98 Å². The fourth-order valence-electron chi connectivity index (χ4n) is 4.07. The van der Waals surface area contributed by atoms with E-state index in [4.69, 9.17) is 0 Å². The van der Waals surface area contributed by atoms with E-state index in [1.165, 1.54) is 24.3 Å². The van der Waals surface area contributed by atoms with E-state index in [-0.39, 0.29) is 17.9 Å². The quantitative estimate of drug-likeness (QED) is 0.848. The van der Waals surface area contributed by atoms with Crippen LogP contribution < -0.4 is 5.32 Å². The Morgan fingerprint density at radius 3 is 2.92 bits per heavy atom. The second-order valence-corrected chi connectivity index (χ2v) is 8.24. The van der Waals surface area contributed by atoms with Gasteiger partial charge in [-0.15, -0.1) is 11.3 Å². The molecule has 3 aliphatic heterocycles. The van der Waals surface area contributed by atoms with Crippen molar-refractivity contribution in [2.45, 2.75) is 18.9 Å². The molecule has 3 atom stereocenters. The van der Waals surface area contributed by atoms with Crippen molar-refractivity contribution in [2.24, 2.45) is 5.92 Å². The minimum atomic E-state index is -0.134. The molecule has 2 aromatic rings. The summed E-state index contributed by atoms with van der Waals surface area (Å²) in [7, 11) is 0. The van der Waals surface area contributed by atoms with Crippen molar-refractivity contribution in [3.05, 3.63) is 28.9 Å². The summed E-state index contributed by atoms with van der Waals surface area (Å²) in [4.78, 5) is 33.6. The van der Waals surface area contributed by atoms with Crippen molar-refractivity contribution in [1.29, 1.82) is 0 Å². The second-order valence-electron chi connectivity index (χ2n) is 7.33. The Labute approximate surface area is 149 Å². The molecule has 25 heavy (non-hydrogen) atoms. The fourth-order valence-corrected chi connectivity index (χ4v) is 4.95. The van der Waals surface area contributed by atoms with Crippen LogP contribution in [-0.4, -0.2) is 65.4 Å². The van der Waals surface area contributed by atoms with Crippen LogP contribution >= 0.6 is 11.3 Å². The number of aromatic nitrogens is 1. The number of piperidine rings is 1. The number of carbonyl (C=O) groups is 2. The summed E-state index contributed by atoms with van der Waals surface area (Å²) in [5, 5.41) is 5.86. The highest BCUT2D eigenvalue weighted by atomic mass is 32.1. The van der Waals surface area contributed by atoms with Crippen molar-refractivity contribution in [2.75, 3.05) is 32.7 Å². The summed E-state index contributed by atoms with van der Waals surface area (Å²) < 4.78 is 0.948. The molecule has 5 rings (SSSR count). The van der Waals surface area contributed by atoms with Crippen LogP contribution in [-0.2, 0) is 0 Å². The third-order valence-corrected chi connectivity index (χ3v) is 6.39. The van der Waals surface area contributed by atoms with Crippen LogP contribution in [0, 0.1) is 5.92 Å². The molecule has 3 saturated heterocycles. The van der Waals surface area contributed by atoms with Crippen LogP contribution in [0.1, 0.15) is 33.7 Å². The molecule has 0 aliphatic carbocycles. The minimum absolute atomic E-state index is 0.0560. The molecule has 0 aromatic carbocycles. The molecule has 1 unspecified atom stereocenters. The number of nitrogens with one attached hydrogen (secondary N) is 1. The summed E-state index contributed by atoms with van der Waals surface area (Å²) >= 11 is 1.50. The van der Waals surface area contributed by atoms with E-state index in [0.29, 0.717) is 17.2 Å². The highest BCUT2D eigenvalue weighted by molar-refractivity contribution is 7.17. The first-order valence-electron chi connectivity index (χ1n) is 8.87.